The van der Waals surface area contributed by atoms with Crippen molar-refractivity contribution in [2.24, 2.45) is 0 Å². The van der Waals surface area contributed by atoms with Gasteiger partial charge in [0.15, 0.2) is 0 Å². The first kappa shape index (κ1) is 12.6. The van der Waals surface area contributed by atoms with Crippen molar-refractivity contribution in [2.75, 3.05) is 7.05 Å². The third-order valence-corrected chi connectivity index (χ3v) is 2.97. The van der Waals surface area contributed by atoms with Gasteiger partial charge in [-0.05, 0) is 12.1 Å². The zero-order chi connectivity index (χ0) is 13.3. The molecule has 1 fully saturated rings. The maximum absolute atomic E-state index is 13.3. The summed E-state index contributed by atoms with van der Waals surface area (Å²) in [4.78, 5) is 23.8. The summed E-state index contributed by atoms with van der Waals surface area (Å²) in [5, 5.41) is 2.70. The number of likely N-dealkylation sites (N-methyl/N-ethyl adjacent to an activating group) is 1. The van der Waals surface area contributed by atoms with Crippen LogP contribution < -0.4 is 5.32 Å². The van der Waals surface area contributed by atoms with Crippen molar-refractivity contribution in [3.63, 3.8) is 0 Å². The van der Waals surface area contributed by atoms with Crippen molar-refractivity contribution in [1.29, 1.82) is 0 Å². The monoisotopic (exact) mass is 254 g/mol. The van der Waals surface area contributed by atoms with Gasteiger partial charge in [0, 0.05) is 19.2 Å². The Morgan fingerprint density at radius 1 is 1.33 bits per heavy atom. The lowest BCUT2D eigenvalue weighted by atomic mass is 10.1. The van der Waals surface area contributed by atoms with Gasteiger partial charge in [0.05, 0.1) is 12.5 Å². The molecule has 6 heteroatoms. The van der Waals surface area contributed by atoms with Gasteiger partial charge < -0.3 is 5.32 Å². The summed E-state index contributed by atoms with van der Waals surface area (Å²) in [5.41, 5.74) is -0.132. The Kier molecular flexibility index (Phi) is 3.38. The topological polar surface area (TPSA) is 49.4 Å². The van der Waals surface area contributed by atoms with Gasteiger partial charge >= 0.3 is 0 Å². The largest absolute Gasteiger partial charge is 0.301 e. The Morgan fingerprint density at radius 2 is 1.94 bits per heavy atom. The van der Waals surface area contributed by atoms with Gasteiger partial charge in [0.1, 0.15) is 11.6 Å². The number of hydrogen-bond donors (Lipinski definition) is 1. The van der Waals surface area contributed by atoms with Crippen LogP contribution in [0.4, 0.5) is 8.78 Å². The highest BCUT2D eigenvalue weighted by Crippen LogP contribution is 2.14. The van der Waals surface area contributed by atoms with Crippen LogP contribution in [0.15, 0.2) is 18.2 Å². The summed E-state index contributed by atoms with van der Waals surface area (Å²) in [7, 11) is 1.38. The molecule has 0 aromatic heterocycles. The van der Waals surface area contributed by atoms with E-state index >= 15 is 0 Å². The van der Waals surface area contributed by atoms with Gasteiger partial charge in [-0.3, -0.25) is 14.5 Å². The molecule has 1 saturated heterocycles. The van der Waals surface area contributed by atoms with Gasteiger partial charge in [-0.2, -0.15) is 0 Å². The van der Waals surface area contributed by atoms with E-state index in [1.54, 1.807) is 0 Å². The minimum atomic E-state index is -0.707. The molecule has 0 saturated carbocycles. The molecule has 0 bridgehead atoms. The normalized spacial score (nSPS) is 19.7. The highest BCUT2D eigenvalue weighted by Gasteiger charge is 2.35. The van der Waals surface area contributed by atoms with Crippen LogP contribution in [0.25, 0.3) is 0 Å². The molecule has 2 rings (SSSR count). The third kappa shape index (κ3) is 2.24. The Labute approximate surface area is 103 Å². The van der Waals surface area contributed by atoms with Gasteiger partial charge in [-0.15, -0.1) is 0 Å². The van der Waals surface area contributed by atoms with Crippen LogP contribution in [0.3, 0.4) is 0 Å². The van der Waals surface area contributed by atoms with Crippen LogP contribution in [-0.2, 0) is 16.1 Å². The molecule has 0 aliphatic carbocycles. The second kappa shape index (κ2) is 4.81. The number of nitrogens with one attached hydrogen (secondary N) is 1. The number of benzene rings is 1. The van der Waals surface area contributed by atoms with E-state index in [0.717, 1.165) is 17.0 Å². The summed E-state index contributed by atoms with van der Waals surface area (Å²) in [5.74, 6) is -2.02. The Hall–Kier alpha value is -1.82. The number of imide groups is 1. The highest BCUT2D eigenvalue weighted by atomic mass is 19.1. The molecular formula is C12H12F2N2O2. The molecule has 1 atom stereocenters. The van der Waals surface area contributed by atoms with E-state index in [2.05, 4.69) is 5.32 Å². The first-order valence-electron chi connectivity index (χ1n) is 5.47. The summed E-state index contributed by atoms with van der Waals surface area (Å²) in [6.07, 6.45) is 0.0193. The van der Waals surface area contributed by atoms with Crippen molar-refractivity contribution in [3.05, 3.63) is 35.4 Å². The van der Waals surface area contributed by atoms with Crippen LogP contribution in [-0.4, -0.2) is 29.8 Å². The fourth-order valence-corrected chi connectivity index (χ4v) is 1.84. The molecular weight excluding hydrogens is 242 g/mol. The first-order valence-corrected chi connectivity index (χ1v) is 5.47. The fourth-order valence-electron chi connectivity index (χ4n) is 1.84. The quantitative estimate of drug-likeness (QED) is 0.812. The zero-order valence-electron chi connectivity index (χ0n) is 9.74. The molecule has 1 aromatic rings. The van der Waals surface area contributed by atoms with Gasteiger partial charge in [0.2, 0.25) is 11.8 Å². The minimum Gasteiger partial charge on any atom is -0.301 e. The molecule has 0 radical (unpaired) electrons. The first-order chi connectivity index (χ1) is 8.50. The second-order valence-electron chi connectivity index (χ2n) is 4.13. The van der Waals surface area contributed by atoms with Crippen molar-refractivity contribution < 1.29 is 18.4 Å². The molecule has 18 heavy (non-hydrogen) atoms. The van der Waals surface area contributed by atoms with Crippen LogP contribution in [0.5, 0.6) is 0 Å². The predicted octanol–water partition coefficient (Wildman–Crippen LogP) is 0.812. The zero-order valence-corrected chi connectivity index (χ0v) is 9.74. The van der Waals surface area contributed by atoms with E-state index in [-0.39, 0.29) is 30.3 Å². The van der Waals surface area contributed by atoms with Crippen molar-refractivity contribution in [3.8, 4) is 0 Å². The number of hydrogen-bond acceptors (Lipinski definition) is 3. The van der Waals surface area contributed by atoms with Gasteiger partial charge in [-0.1, -0.05) is 6.07 Å². The molecule has 1 aliphatic rings. The summed E-state index contributed by atoms with van der Waals surface area (Å²) in [6, 6.07) is 2.86. The molecule has 2 amide bonds. The van der Waals surface area contributed by atoms with E-state index < -0.39 is 17.7 Å². The number of carbonyl (C=O) groups is 2. The molecule has 0 spiro atoms. The maximum Gasteiger partial charge on any atom is 0.246 e. The lowest BCUT2D eigenvalue weighted by Gasteiger charge is -2.11. The maximum atomic E-state index is 13.3. The SMILES string of the molecule is CN1C(=O)CC(NCc2c(F)cccc2F)C1=O. The molecule has 96 valence electrons. The molecule has 1 N–H and O–H groups in total. The fraction of sp³-hybridized carbons (Fsp3) is 0.333. The standard InChI is InChI=1S/C12H12F2N2O2/c1-16-11(17)5-10(12(16)18)15-6-7-8(13)3-2-4-9(7)14/h2-4,10,15H,5-6H2,1H3. The van der Waals surface area contributed by atoms with Crippen molar-refractivity contribution in [1.82, 2.24) is 10.2 Å². The predicted molar refractivity (Wildman–Crippen MR) is 59.4 cm³/mol. The van der Waals surface area contributed by atoms with Crippen LogP contribution in [0.1, 0.15) is 12.0 Å². The van der Waals surface area contributed by atoms with E-state index in [9.17, 15) is 18.4 Å². The molecule has 1 aliphatic heterocycles. The summed E-state index contributed by atoms with van der Waals surface area (Å²) < 4.78 is 26.7. The van der Waals surface area contributed by atoms with Crippen molar-refractivity contribution in [2.45, 2.75) is 19.0 Å². The van der Waals surface area contributed by atoms with Crippen molar-refractivity contribution >= 4 is 11.8 Å². The van der Waals surface area contributed by atoms with Crippen LogP contribution in [0.2, 0.25) is 0 Å². The number of likely N-dealkylation sites (tertiary alicyclic amines) is 1. The molecule has 1 aromatic carbocycles. The van der Waals surface area contributed by atoms with Gasteiger partial charge in [-0.25, -0.2) is 8.78 Å². The molecule has 4 nitrogen and oxygen atoms in total. The van der Waals surface area contributed by atoms with E-state index in [1.807, 2.05) is 0 Å². The smallest absolute Gasteiger partial charge is 0.246 e. The average molecular weight is 254 g/mol. The third-order valence-electron chi connectivity index (χ3n) is 2.97. The number of rotatable bonds is 3. The van der Waals surface area contributed by atoms with Crippen LogP contribution in [0, 0.1) is 11.6 Å². The van der Waals surface area contributed by atoms with Gasteiger partial charge in [0.25, 0.3) is 0 Å². The second-order valence-corrected chi connectivity index (χ2v) is 4.13. The Morgan fingerprint density at radius 3 is 2.44 bits per heavy atom. The molecule has 1 heterocycles. The van der Waals surface area contributed by atoms with E-state index in [0.29, 0.717) is 0 Å². The highest BCUT2D eigenvalue weighted by molar-refractivity contribution is 6.05. The number of amides is 2. The average Bonchev–Trinajstić information content (AvgIpc) is 2.56. The minimum absolute atomic E-state index is 0.0193. The summed E-state index contributed by atoms with van der Waals surface area (Å²) >= 11 is 0. The lowest BCUT2D eigenvalue weighted by Crippen LogP contribution is -2.37. The number of halogens is 2. The lowest BCUT2D eigenvalue weighted by molar-refractivity contribution is -0.137. The van der Waals surface area contributed by atoms with Crippen LogP contribution >= 0.6 is 0 Å². The van der Waals surface area contributed by atoms with E-state index in [1.165, 1.54) is 13.1 Å². The van der Waals surface area contributed by atoms with E-state index in [4.69, 9.17) is 0 Å². The summed E-state index contributed by atoms with van der Waals surface area (Å²) in [6.45, 7) is -0.129. The number of nitrogens with zero attached hydrogens (tertiary/aromatic N) is 1. The number of carbonyl (C=O) groups excluding carboxylic acids is 2. The Bertz CT molecular complexity index is 485. The Balaban J connectivity index is 2.05. The molecule has 1 unspecified atom stereocenters.